The maximum Gasteiger partial charge on any atom is 0.195 e. The van der Waals surface area contributed by atoms with Gasteiger partial charge in [-0.1, -0.05) is 35.3 Å². The van der Waals surface area contributed by atoms with E-state index in [1.54, 1.807) is 6.07 Å². The molecule has 3 rings (SSSR count). The van der Waals surface area contributed by atoms with Crippen molar-refractivity contribution in [3.05, 3.63) is 56.6 Å². The van der Waals surface area contributed by atoms with Gasteiger partial charge in [0.25, 0.3) is 0 Å². The van der Waals surface area contributed by atoms with E-state index in [2.05, 4.69) is 0 Å². The Labute approximate surface area is 115 Å². The number of carbonyl (C=O) groups excluding carboxylic acids is 1. The van der Waals surface area contributed by atoms with Crippen LogP contribution in [0.1, 0.15) is 27.0 Å². The maximum absolute atomic E-state index is 12.4. The van der Waals surface area contributed by atoms with Crippen molar-refractivity contribution in [2.45, 2.75) is 13.8 Å². The summed E-state index contributed by atoms with van der Waals surface area (Å²) in [5.74, 6) is -0.00948. The van der Waals surface area contributed by atoms with E-state index >= 15 is 0 Å². The fourth-order valence-corrected chi connectivity index (χ4v) is 3.07. The third-order valence-corrected chi connectivity index (χ3v) is 4.05. The van der Waals surface area contributed by atoms with E-state index in [1.165, 1.54) is 0 Å². The third kappa shape index (κ3) is 1.44. The number of hydrogen-bond acceptors (Lipinski definition) is 1. The summed E-state index contributed by atoms with van der Waals surface area (Å²) < 4.78 is 0. The summed E-state index contributed by atoms with van der Waals surface area (Å²) in [5.41, 5.74) is 5.39. The van der Waals surface area contributed by atoms with Gasteiger partial charge in [-0.15, -0.1) is 0 Å². The molecule has 0 amide bonds. The summed E-state index contributed by atoms with van der Waals surface area (Å²) in [6, 6.07) is 7.27. The number of ketones is 1. The van der Waals surface area contributed by atoms with Gasteiger partial charge in [0.2, 0.25) is 0 Å². The third-order valence-electron chi connectivity index (χ3n) is 3.53. The number of halogens is 2. The number of benzene rings is 2. The molecule has 1 aliphatic carbocycles. The minimum absolute atomic E-state index is 0.00948. The summed E-state index contributed by atoms with van der Waals surface area (Å²) in [4.78, 5) is 12.4. The highest BCUT2D eigenvalue weighted by Crippen LogP contribution is 2.43. The van der Waals surface area contributed by atoms with Gasteiger partial charge < -0.3 is 0 Å². The molecule has 0 radical (unpaired) electrons. The summed E-state index contributed by atoms with van der Waals surface area (Å²) >= 11 is 12.2. The first kappa shape index (κ1) is 11.8. The van der Waals surface area contributed by atoms with Gasteiger partial charge in [-0.2, -0.15) is 0 Å². The Kier molecular flexibility index (Phi) is 2.51. The zero-order valence-electron chi connectivity index (χ0n) is 9.97. The second-order valence-corrected chi connectivity index (χ2v) is 5.41. The number of aryl methyl sites for hydroxylation is 1. The van der Waals surface area contributed by atoms with Crippen LogP contribution in [0, 0.1) is 13.8 Å². The Morgan fingerprint density at radius 2 is 1.67 bits per heavy atom. The highest BCUT2D eigenvalue weighted by Gasteiger charge is 2.30. The minimum Gasteiger partial charge on any atom is -0.289 e. The van der Waals surface area contributed by atoms with E-state index in [-0.39, 0.29) is 5.78 Å². The first-order chi connectivity index (χ1) is 8.50. The molecule has 0 aromatic heterocycles. The van der Waals surface area contributed by atoms with Crippen LogP contribution in [0.5, 0.6) is 0 Å². The molecular formula is C15H10Cl2O. The van der Waals surface area contributed by atoms with E-state index < -0.39 is 0 Å². The van der Waals surface area contributed by atoms with Gasteiger partial charge in [0.15, 0.2) is 5.78 Å². The lowest BCUT2D eigenvalue weighted by Crippen LogP contribution is -1.96. The number of fused-ring (bicyclic) bond motifs is 3. The monoisotopic (exact) mass is 276 g/mol. The van der Waals surface area contributed by atoms with E-state index in [1.807, 2.05) is 32.0 Å². The minimum atomic E-state index is -0.00948. The second kappa shape index (κ2) is 3.84. The standard InChI is InChI=1S/C15H10Cl2O/c1-7-3-4-10-13(8(7)2)11-5-9(16)6-12(17)14(11)15(10)18/h3-6H,1-2H3. The molecule has 90 valence electrons. The van der Waals surface area contributed by atoms with Crippen LogP contribution in [0.3, 0.4) is 0 Å². The lowest BCUT2D eigenvalue weighted by Gasteiger charge is -2.08. The van der Waals surface area contributed by atoms with Crippen LogP contribution in [0.2, 0.25) is 10.0 Å². The van der Waals surface area contributed by atoms with Crippen LogP contribution >= 0.6 is 23.2 Å². The van der Waals surface area contributed by atoms with E-state index in [4.69, 9.17) is 23.2 Å². The molecule has 0 N–H and O–H groups in total. The first-order valence-electron chi connectivity index (χ1n) is 5.65. The predicted molar refractivity (Wildman–Crippen MR) is 74.8 cm³/mol. The van der Waals surface area contributed by atoms with Crippen molar-refractivity contribution in [2.75, 3.05) is 0 Å². The van der Waals surface area contributed by atoms with Crippen molar-refractivity contribution < 1.29 is 4.79 Å². The predicted octanol–water partition coefficient (Wildman–Crippen LogP) is 4.82. The largest absolute Gasteiger partial charge is 0.289 e. The first-order valence-corrected chi connectivity index (χ1v) is 6.40. The Hall–Kier alpha value is -1.31. The fourth-order valence-electron chi connectivity index (χ4n) is 2.49. The van der Waals surface area contributed by atoms with Crippen LogP contribution in [0.4, 0.5) is 0 Å². The molecule has 1 nitrogen and oxygen atoms in total. The molecule has 0 saturated heterocycles. The summed E-state index contributed by atoms with van der Waals surface area (Å²) in [5, 5.41) is 0.982. The van der Waals surface area contributed by atoms with Crippen LogP contribution in [-0.2, 0) is 0 Å². The molecule has 2 aromatic rings. The molecule has 0 bridgehead atoms. The summed E-state index contributed by atoms with van der Waals surface area (Å²) in [6.45, 7) is 4.05. The van der Waals surface area contributed by atoms with E-state index in [9.17, 15) is 4.79 Å². The molecule has 0 aliphatic heterocycles. The average Bonchev–Trinajstić information content (AvgIpc) is 2.58. The normalized spacial score (nSPS) is 12.6. The molecule has 2 aromatic carbocycles. The molecule has 0 atom stereocenters. The van der Waals surface area contributed by atoms with Crippen molar-refractivity contribution in [3.63, 3.8) is 0 Å². The summed E-state index contributed by atoms with van der Waals surface area (Å²) in [6.07, 6.45) is 0. The van der Waals surface area contributed by atoms with Crippen LogP contribution in [-0.4, -0.2) is 5.78 Å². The Morgan fingerprint density at radius 1 is 0.944 bits per heavy atom. The molecular weight excluding hydrogens is 267 g/mol. The Morgan fingerprint density at radius 3 is 2.39 bits per heavy atom. The topological polar surface area (TPSA) is 17.1 Å². The number of rotatable bonds is 0. The molecule has 18 heavy (non-hydrogen) atoms. The van der Waals surface area contributed by atoms with Crippen molar-refractivity contribution in [3.8, 4) is 11.1 Å². The smallest absolute Gasteiger partial charge is 0.195 e. The van der Waals surface area contributed by atoms with E-state index in [0.717, 1.165) is 27.8 Å². The van der Waals surface area contributed by atoms with Crippen molar-refractivity contribution in [1.29, 1.82) is 0 Å². The molecule has 0 unspecified atom stereocenters. The lowest BCUT2D eigenvalue weighted by atomic mass is 9.97. The van der Waals surface area contributed by atoms with Crippen LogP contribution < -0.4 is 0 Å². The zero-order valence-corrected chi connectivity index (χ0v) is 11.5. The van der Waals surface area contributed by atoms with Crippen molar-refractivity contribution in [2.24, 2.45) is 0 Å². The maximum atomic E-state index is 12.4. The fraction of sp³-hybridized carbons (Fsp3) is 0.133. The average molecular weight is 277 g/mol. The van der Waals surface area contributed by atoms with E-state index in [0.29, 0.717) is 15.6 Å². The van der Waals surface area contributed by atoms with Gasteiger partial charge in [0.05, 0.1) is 5.02 Å². The summed E-state index contributed by atoms with van der Waals surface area (Å²) in [7, 11) is 0. The van der Waals surface area contributed by atoms with Gasteiger partial charge in [-0.05, 0) is 48.2 Å². The van der Waals surface area contributed by atoms with Crippen molar-refractivity contribution in [1.82, 2.24) is 0 Å². The van der Waals surface area contributed by atoms with Crippen LogP contribution in [0.25, 0.3) is 11.1 Å². The lowest BCUT2D eigenvalue weighted by molar-refractivity contribution is 0.104. The molecule has 0 spiro atoms. The highest BCUT2D eigenvalue weighted by molar-refractivity contribution is 6.40. The highest BCUT2D eigenvalue weighted by atomic mass is 35.5. The zero-order chi connectivity index (χ0) is 13.0. The molecule has 0 saturated carbocycles. The second-order valence-electron chi connectivity index (χ2n) is 4.57. The van der Waals surface area contributed by atoms with Gasteiger partial charge in [-0.3, -0.25) is 4.79 Å². The van der Waals surface area contributed by atoms with Crippen LogP contribution in [0.15, 0.2) is 24.3 Å². The molecule has 1 aliphatic rings. The van der Waals surface area contributed by atoms with Gasteiger partial charge in [0.1, 0.15) is 0 Å². The Bertz CT molecular complexity index is 702. The van der Waals surface area contributed by atoms with Gasteiger partial charge in [-0.25, -0.2) is 0 Å². The number of carbonyl (C=O) groups is 1. The SMILES string of the molecule is Cc1ccc2c(c1C)-c1cc(Cl)cc(Cl)c1C2=O. The quantitative estimate of drug-likeness (QED) is 0.575. The molecule has 0 fully saturated rings. The van der Waals surface area contributed by atoms with Gasteiger partial charge >= 0.3 is 0 Å². The molecule has 0 heterocycles. The number of hydrogen-bond donors (Lipinski definition) is 0. The Balaban J connectivity index is 2.46. The molecule has 3 heteroatoms. The van der Waals surface area contributed by atoms with Gasteiger partial charge in [0, 0.05) is 16.1 Å². The van der Waals surface area contributed by atoms with Crippen molar-refractivity contribution >= 4 is 29.0 Å².